The van der Waals surface area contributed by atoms with E-state index in [-0.39, 0.29) is 22.8 Å². The van der Waals surface area contributed by atoms with E-state index in [9.17, 15) is 18.8 Å². The number of halogens is 2. The minimum atomic E-state index is -0.851. The summed E-state index contributed by atoms with van der Waals surface area (Å²) in [6.07, 6.45) is 3.19. The van der Waals surface area contributed by atoms with Gasteiger partial charge in [0.2, 0.25) is 0 Å². The van der Waals surface area contributed by atoms with E-state index in [2.05, 4.69) is 15.2 Å². The summed E-state index contributed by atoms with van der Waals surface area (Å²) in [5.74, 6) is -1.45. The van der Waals surface area contributed by atoms with E-state index in [4.69, 9.17) is 4.74 Å². The molecule has 0 aliphatic carbocycles. The Morgan fingerprint density at radius 3 is 2.74 bits per heavy atom. The molecule has 0 atom stereocenters. The van der Waals surface area contributed by atoms with E-state index in [1.165, 1.54) is 16.7 Å². The fourth-order valence-electron chi connectivity index (χ4n) is 3.55. The van der Waals surface area contributed by atoms with Crippen LogP contribution < -0.4 is 10.3 Å². The molecular weight excluding hydrogens is 404 g/mol. The minimum Gasteiger partial charge on any atom is -0.454 e. The normalized spacial score (nSPS) is 11.2. The van der Waals surface area contributed by atoms with Gasteiger partial charge in [-0.2, -0.15) is 10.4 Å². The Morgan fingerprint density at radius 2 is 1.97 bits per heavy atom. The standard InChI is InChI=1S/C22H13F2N5O2/c1-29-10-16(21-15(22(29)30)6-13(8-25)27-21)14-7-18-11(9-26-28-18)4-20(14)31-19-3-2-12(23)5-17(19)24/h2-7,9-10,27H,1H3,(H,26,28). The molecule has 0 aliphatic rings. The largest absolute Gasteiger partial charge is 0.454 e. The lowest BCUT2D eigenvalue weighted by Gasteiger charge is -2.14. The molecule has 0 spiro atoms. The van der Waals surface area contributed by atoms with Crippen LogP contribution in [0.3, 0.4) is 0 Å². The number of aryl methyl sites for hydroxylation is 1. The molecule has 2 N–H and O–H groups in total. The first-order chi connectivity index (χ1) is 14.9. The molecule has 7 nitrogen and oxygen atoms in total. The summed E-state index contributed by atoms with van der Waals surface area (Å²) < 4.78 is 34.8. The van der Waals surface area contributed by atoms with Crippen LogP contribution in [0.15, 0.2) is 53.6 Å². The van der Waals surface area contributed by atoms with E-state index in [0.717, 1.165) is 12.1 Å². The number of benzene rings is 2. The van der Waals surface area contributed by atoms with Crippen molar-refractivity contribution in [3.63, 3.8) is 0 Å². The van der Waals surface area contributed by atoms with E-state index >= 15 is 0 Å². The topological polar surface area (TPSA) is 99.5 Å². The number of H-pyrrole nitrogens is 2. The summed E-state index contributed by atoms with van der Waals surface area (Å²) in [6, 6.07) is 9.94. The SMILES string of the molecule is Cn1cc(-c2cc3[nH]ncc3cc2Oc2ccc(F)cc2F)c2[nH]c(C#N)cc2c1=O. The number of aromatic nitrogens is 4. The van der Waals surface area contributed by atoms with Gasteiger partial charge in [-0.1, -0.05) is 0 Å². The third-order valence-corrected chi connectivity index (χ3v) is 5.03. The number of hydrogen-bond donors (Lipinski definition) is 2. The van der Waals surface area contributed by atoms with E-state index in [1.54, 1.807) is 31.6 Å². The van der Waals surface area contributed by atoms with Gasteiger partial charge in [0, 0.05) is 35.8 Å². The van der Waals surface area contributed by atoms with Crippen LogP contribution in [0, 0.1) is 23.0 Å². The Morgan fingerprint density at radius 1 is 1.13 bits per heavy atom. The lowest BCUT2D eigenvalue weighted by Crippen LogP contribution is -2.16. The number of fused-ring (bicyclic) bond motifs is 2. The number of nitrogens with zero attached hydrogens (tertiary/aromatic N) is 3. The highest BCUT2D eigenvalue weighted by Crippen LogP contribution is 2.39. The van der Waals surface area contributed by atoms with Crippen molar-refractivity contribution in [3.8, 4) is 28.7 Å². The Kier molecular flexibility index (Phi) is 4.08. The van der Waals surface area contributed by atoms with E-state index < -0.39 is 11.6 Å². The van der Waals surface area contributed by atoms with Crippen molar-refractivity contribution in [2.75, 3.05) is 0 Å². The molecule has 0 fully saturated rings. The molecule has 0 amide bonds. The third kappa shape index (κ3) is 3.02. The van der Waals surface area contributed by atoms with Crippen molar-refractivity contribution in [3.05, 3.63) is 76.5 Å². The smallest absolute Gasteiger partial charge is 0.259 e. The monoisotopic (exact) mass is 417 g/mol. The highest BCUT2D eigenvalue weighted by Gasteiger charge is 2.19. The van der Waals surface area contributed by atoms with Crippen LogP contribution in [0.4, 0.5) is 8.78 Å². The summed E-state index contributed by atoms with van der Waals surface area (Å²) in [4.78, 5) is 15.5. The lowest BCUT2D eigenvalue weighted by atomic mass is 10.0. The zero-order valence-electron chi connectivity index (χ0n) is 16.0. The molecule has 2 aromatic carbocycles. The maximum Gasteiger partial charge on any atom is 0.259 e. The second-order valence-corrected chi connectivity index (χ2v) is 7.02. The van der Waals surface area contributed by atoms with Crippen molar-refractivity contribution >= 4 is 21.8 Å². The van der Waals surface area contributed by atoms with Crippen molar-refractivity contribution < 1.29 is 13.5 Å². The average Bonchev–Trinajstić information content (AvgIpc) is 3.39. The highest BCUT2D eigenvalue weighted by molar-refractivity contribution is 5.98. The fourth-order valence-corrected chi connectivity index (χ4v) is 3.55. The van der Waals surface area contributed by atoms with Crippen molar-refractivity contribution in [1.29, 1.82) is 5.26 Å². The molecule has 3 heterocycles. The number of nitrogens with one attached hydrogen (secondary N) is 2. The highest BCUT2D eigenvalue weighted by atomic mass is 19.1. The third-order valence-electron chi connectivity index (χ3n) is 5.03. The zero-order chi connectivity index (χ0) is 21.7. The number of ether oxygens (including phenoxy) is 1. The molecule has 0 unspecified atom stereocenters. The van der Waals surface area contributed by atoms with Gasteiger partial charge >= 0.3 is 0 Å². The van der Waals surface area contributed by atoms with Crippen LogP contribution in [0.5, 0.6) is 11.5 Å². The predicted octanol–water partition coefficient (Wildman–Crippen LogP) is 4.35. The van der Waals surface area contributed by atoms with Crippen LogP contribution in [-0.4, -0.2) is 19.7 Å². The number of rotatable bonds is 3. The van der Waals surface area contributed by atoms with Crippen LogP contribution in [0.25, 0.3) is 32.9 Å². The molecule has 31 heavy (non-hydrogen) atoms. The van der Waals surface area contributed by atoms with Crippen LogP contribution in [-0.2, 0) is 7.05 Å². The van der Waals surface area contributed by atoms with Crippen molar-refractivity contribution in [2.24, 2.45) is 7.05 Å². The van der Waals surface area contributed by atoms with Gasteiger partial charge in [0.15, 0.2) is 11.6 Å². The van der Waals surface area contributed by atoms with Crippen molar-refractivity contribution in [1.82, 2.24) is 19.7 Å². The second kappa shape index (κ2) is 6.81. The van der Waals surface area contributed by atoms with E-state index in [1.807, 2.05) is 6.07 Å². The average molecular weight is 417 g/mol. The summed E-state index contributed by atoms with van der Waals surface area (Å²) in [6.45, 7) is 0. The number of aromatic amines is 2. The molecule has 9 heteroatoms. The summed E-state index contributed by atoms with van der Waals surface area (Å²) in [5, 5.41) is 17.2. The molecule has 3 aromatic heterocycles. The first-order valence-electron chi connectivity index (χ1n) is 9.17. The Labute approximate surface area is 173 Å². The van der Waals surface area contributed by atoms with E-state index in [0.29, 0.717) is 32.9 Å². The quantitative estimate of drug-likeness (QED) is 0.456. The van der Waals surface area contributed by atoms with Gasteiger partial charge in [0.1, 0.15) is 23.3 Å². The van der Waals surface area contributed by atoms with Gasteiger partial charge in [-0.15, -0.1) is 0 Å². The Bertz CT molecular complexity index is 1590. The van der Waals surface area contributed by atoms with Gasteiger partial charge in [0.05, 0.1) is 22.6 Å². The van der Waals surface area contributed by atoms with Gasteiger partial charge in [-0.05, 0) is 30.3 Å². The lowest BCUT2D eigenvalue weighted by molar-refractivity contribution is 0.439. The summed E-state index contributed by atoms with van der Waals surface area (Å²) in [7, 11) is 1.60. The number of nitriles is 1. The number of hydrogen-bond acceptors (Lipinski definition) is 4. The molecule has 0 bridgehead atoms. The minimum absolute atomic E-state index is 0.157. The first-order valence-corrected chi connectivity index (χ1v) is 9.17. The molecule has 5 aromatic rings. The fraction of sp³-hybridized carbons (Fsp3) is 0.0455. The molecule has 0 radical (unpaired) electrons. The zero-order valence-corrected chi connectivity index (χ0v) is 16.0. The molecular formula is C22H13F2N5O2. The Hall–Kier alpha value is -4.45. The number of pyridine rings is 1. The van der Waals surface area contributed by atoms with Crippen LogP contribution in [0.2, 0.25) is 0 Å². The summed E-state index contributed by atoms with van der Waals surface area (Å²) >= 11 is 0. The molecule has 0 saturated carbocycles. The maximum absolute atomic E-state index is 14.3. The molecule has 5 rings (SSSR count). The van der Waals surface area contributed by atoms with Crippen LogP contribution in [0.1, 0.15) is 5.69 Å². The van der Waals surface area contributed by atoms with Gasteiger partial charge in [-0.25, -0.2) is 8.78 Å². The maximum atomic E-state index is 14.3. The second-order valence-electron chi connectivity index (χ2n) is 7.02. The molecule has 0 saturated heterocycles. The first kappa shape index (κ1) is 18.6. The van der Waals surface area contributed by atoms with Crippen molar-refractivity contribution in [2.45, 2.75) is 0 Å². The Balaban J connectivity index is 1.80. The van der Waals surface area contributed by atoms with Gasteiger partial charge in [-0.3, -0.25) is 9.89 Å². The summed E-state index contributed by atoms with van der Waals surface area (Å²) in [5.41, 5.74) is 2.18. The van der Waals surface area contributed by atoms with Crippen LogP contribution >= 0.6 is 0 Å². The van der Waals surface area contributed by atoms with Gasteiger partial charge in [0.25, 0.3) is 5.56 Å². The van der Waals surface area contributed by atoms with Gasteiger partial charge < -0.3 is 14.3 Å². The predicted molar refractivity (Wildman–Crippen MR) is 110 cm³/mol. The molecule has 152 valence electrons. The molecule has 0 aliphatic heterocycles.